The van der Waals surface area contributed by atoms with Crippen LogP contribution in [0.15, 0.2) is 12.3 Å². The van der Waals surface area contributed by atoms with E-state index in [1.165, 1.54) is 6.07 Å². The SMILES string of the molecule is CCC(CSC)Nc1ncc([N+](=O)[O-])cc1C#N. The zero-order valence-electron chi connectivity index (χ0n) is 10.2. The maximum absolute atomic E-state index is 10.6. The van der Waals surface area contributed by atoms with Crippen LogP contribution in [0.2, 0.25) is 0 Å². The molecule has 1 heterocycles. The molecule has 0 fully saturated rings. The summed E-state index contributed by atoms with van der Waals surface area (Å²) < 4.78 is 0. The van der Waals surface area contributed by atoms with E-state index in [0.29, 0.717) is 5.82 Å². The van der Waals surface area contributed by atoms with Crippen LogP contribution in [0.1, 0.15) is 18.9 Å². The molecule has 1 rings (SSSR count). The lowest BCUT2D eigenvalue weighted by Gasteiger charge is -2.16. The fourth-order valence-electron chi connectivity index (χ4n) is 1.41. The minimum Gasteiger partial charge on any atom is -0.365 e. The van der Waals surface area contributed by atoms with Gasteiger partial charge in [-0.3, -0.25) is 10.1 Å². The molecule has 0 amide bonds. The molecular formula is C11H14N4O2S. The van der Waals surface area contributed by atoms with Crippen molar-refractivity contribution in [2.24, 2.45) is 0 Å². The van der Waals surface area contributed by atoms with Crippen LogP contribution in [-0.4, -0.2) is 28.0 Å². The molecule has 0 aliphatic rings. The Kier molecular flexibility index (Phi) is 5.39. The van der Waals surface area contributed by atoms with E-state index in [1.54, 1.807) is 11.8 Å². The van der Waals surface area contributed by atoms with Gasteiger partial charge < -0.3 is 5.32 Å². The first kappa shape index (κ1) is 14.3. The van der Waals surface area contributed by atoms with Gasteiger partial charge in [0.15, 0.2) is 0 Å². The second-order valence-corrected chi connectivity index (χ2v) is 4.57. The van der Waals surface area contributed by atoms with Crippen LogP contribution in [0, 0.1) is 21.4 Å². The molecule has 6 nitrogen and oxygen atoms in total. The number of hydrogen-bond acceptors (Lipinski definition) is 6. The summed E-state index contributed by atoms with van der Waals surface area (Å²) in [6, 6.07) is 3.36. The van der Waals surface area contributed by atoms with Gasteiger partial charge in [0.2, 0.25) is 0 Å². The third-order valence-electron chi connectivity index (χ3n) is 2.41. The summed E-state index contributed by atoms with van der Waals surface area (Å²) in [4.78, 5) is 14.0. The molecule has 96 valence electrons. The van der Waals surface area contributed by atoms with E-state index < -0.39 is 4.92 Å². The molecule has 0 aliphatic heterocycles. The summed E-state index contributed by atoms with van der Waals surface area (Å²) in [6.07, 6.45) is 4.05. The average Bonchev–Trinajstić information content (AvgIpc) is 2.38. The van der Waals surface area contributed by atoms with E-state index >= 15 is 0 Å². The van der Waals surface area contributed by atoms with E-state index in [1.807, 2.05) is 19.2 Å². The van der Waals surface area contributed by atoms with Crippen molar-refractivity contribution in [2.75, 3.05) is 17.3 Å². The van der Waals surface area contributed by atoms with Crippen molar-refractivity contribution < 1.29 is 4.92 Å². The molecule has 0 bridgehead atoms. The summed E-state index contributed by atoms with van der Waals surface area (Å²) in [5.74, 6) is 1.30. The van der Waals surface area contributed by atoms with Gasteiger partial charge in [0.05, 0.1) is 4.92 Å². The van der Waals surface area contributed by atoms with Gasteiger partial charge in [-0.1, -0.05) is 6.92 Å². The summed E-state index contributed by atoms with van der Waals surface area (Å²) in [7, 11) is 0. The van der Waals surface area contributed by atoms with Gasteiger partial charge in [0.25, 0.3) is 5.69 Å². The maximum Gasteiger partial charge on any atom is 0.289 e. The highest BCUT2D eigenvalue weighted by atomic mass is 32.2. The van der Waals surface area contributed by atoms with Crippen LogP contribution in [0.5, 0.6) is 0 Å². The van der Waals surface area contributed by atoms with Gasteiger partial charge in [0.1, 0.15) is 23.6 Å². The highest BCUT2D eigenvalue weighted by molar-refractivity contribution is 7.98. The van der Waals surface area contributed by atoms with Gasteiger partial charge in [-0.25, -0.2) is 4.98 Å². The molecule has 1 aromatic rings. The lowest BCUT2D eigenvalue weighted by atomic mass is 10.2. The van der Waals surface area contributed by atoms with Gasteiger partial charge in [0, 0.05) is 17.9 Å². The first-order valence-corrected chi connectivity index (χ1v) is 6.81. The Hall–Kier alpha value is -1.81. The zero-order valence-corrected chi connectivity index (χ0v) is 11.0. The Labute approximate surface area is 110 Å². The lowest BCUT2D eigenvalue weighted by molar-refractivity contribution is -0.385. The Morgan fingerprint density at radius 2 is 2.44 bits per heavy atom. The van der Waals surface area contributed by atoms with E-state index in [9.17, 15) is 10.1 Å². The third-order valence-corrected chi connectivity index (χ3v) is 3.14. The molecule has 1 aromatic heterocycles. The number of nitro groups is 1. The molecule has 1 atom stereocenters. The Balaban J connectivity index is 2.96. The molecule has 0 saturated heterocycles. The van der Waals surface area contributed by atoms with Crippen LogP contribution >= 0.6 is 11.8 Å². The Morgan fingerprint density at radius 3 is 2.94 bits per heavy atom. The molecule has 18 heavy (non-hydrogen) atoms. The van der Waals surface area contributed by atoms with Crippen molar-refractivity contribution in [1.82, 2.24) is 4.98 Å². The second-order valence-electron chi connectivity index (χ2n) is 3.66. The fraction of sp³-hybridized carbons (Fsp3) is 0.455. The third kappa shape index (κ3) is 3.60. The molecule has 7 heteroatoms. The monoisotopic (exact) mass is 266 g/mol. The minimum atomic E-state index is -0.559. The van der Waals surface area contributed by atoms with Crippen LogP contribution in [-0.2, 0) is 0 Å². The average molecular weight is 266 g/mol. The smallest absolute Gasteiger partial charge is 0.289 e. The lowest BCUT2D eigenvalue weighted by Crippen LogP contribution is -2.22. The van der Waals surface area contributed by atoms with Crippen LogP contribution < -0.4 is 5.32 Å². The first-order valence-electron chi connectivity index (χ1n) is 5.42. The molecule has 0 aromatic carbocycles. The number of nitrogens with zero attached hydrogens (tertiary/aromatic N) is 3. The van der Waals surface area contributed by atoms with Gasteiger partial charge in [-0.15, -0.1) is 0 Å². The van der Waals surface area contributed by atoms with Crippen molar-refractivity contribution in [3.8, 4) is 6.07 Å². The standard InChI is InChI=1S/C11H14N4O2S/c1-3-9(7-18-2)14-11-8(5-12)4-10(6-13-11)15(16)17/h4,6,9H,3,7H2,1-2H3,(H,13,14). The highest BCUT2D eigenvalue weighted by Gasteiger charge is 2.14. The number of pyridine rings is 1. The molecule has 0 aliphatic carbocycles. The summed E-state index contributed by atoms with van der Waals surface area (Å²) in [5.41, 5.74) is 0.0266. The maximum atomic E-state index is 10.6. The molecule has 0 radical (unpaired) electrons. The summed E-state index contributed by atoms with van der Waals surface area (Å²) in [5, 5.41) is 22.7. The van der Waals surface area contributed by atoms with Crippen LogP contribution in [0.3, 0.4) is 0 Å². The molecule has 1 unspecified atom stereocenters. The zero-order chi connectivity index (χ0) is 13.5. The quantitative estimate of drug-likeness (QED) is 0.628. The number of thioether (sulfide) groups is 1. The van der Waals surface area contributed by atoms with Crippen molar-refractivity contribution in [3.05, 3.63) is 27.9 Å². The van der Waals surface area contributed by atoms with Crippen molar-refractivity contribution >= 4 is 23.3 Å². The summed E-state index contributed by atoms with van der Waals surface area (Å²) >= 11 is 1.69. The molecule has 0 spiro atoms. The Bertz CT molecular complexity index is 473. The molecular weight excluding hydrogens is 252 g/mol. The molecule has 0 saturated carbocycles. The largest absolute Gasteiger partial charge is 0.365 e. The normalized spacial score (nSPS) is 11.6. The topological polar surface area (TPSA) is 91.8 Å². The Morgan fingerprint density at radius 1 is 1.72 bits per heavy atom. The highest BCUT2D eigenvalue weighted by Crippen LogP contribution is 2.19. The first-order chi connectivity index (χ1) is 8.62. The second kappa shape index (κ2) is 6.81. The van der Waals surface area contributed by atoms with Crippen molar-refractivity contribution in [1.29, 1.82) is 5.26 Å². The predicted molar refractivity (Wildman–Crippen MR) is 71.7 cm³/mol. The number of nitrogens with one attached hydrogen (secondary N) is 1. The molecule has 1 N–H and O–H groups in total. The van der Waals surface area contributed by atoms with Gasteiger partial charge in [-0.05, 0) is 12.7 Å². The van der Waals surface area contributed by atoms with Crippen LogP contribution in [0.4, 0.5) is 11.5 Å². The van der Waals surface area contributed by atoms with Crippen molar-refractivity contribution in [2.45, 2.75) is 19.4 Å². The number of nitriles is 1. The van der Waals surface area contributed by atoms with Gasteiger partial charge >= 0.3 is 0 Å². The fourth-order valence-corrected chi connectivity index (χ4v) is 2.13. The number of anilines is 1. The van der Waals surface area contributed by atoms with E-state index in [4.69, 9.17) is 5.26 Å². The summed E-state index contributed by atoms with van der Waals surface area (Å²) in [6.45, 7) is 2.03. The number of hydrogen-bond donors (Lipinski definition) is 1. The van der Waals surface area contributed by atoms with E-state index in [0.717, 1.165) is 18.4 Å². The van der Waals surface area contributed by atoms with Gasteiger partial charge in [-0.2, -0.15) is 17.0 Å². The van der Waals surface area contributed by atoms with E-state index in [2.05, 4.69) is 10.3 Å². The van der Waals surface area contributed by atoms with Crippen molar-refractivity contribution in [3.63, 3.8) is 0 Å². The number of aromatic nitrogens is 1. The van der Waals surface area contributed by atoms with Crippen LogP contribution in [0.25, 0.3) is 0 Å². The number of rotatable bonds is 6. The predicted octanol–water partition coefficient (Wildman–Crippen LogP) is 2.41. The van der Waals surface area contributed by atoms with E-state index in [-0.39, 0.29) is 17.3 Å². The minimum absolute atomic E-state index is 0.171.